The van der Waals surface area contributed by atoms with Gasteiger partial charge in [-0.2, -0.15) is 0 Å². The highest BCUT2D eigenvalue weighted by atomic mass is 16.5. The van der Waals surface area contributed by atoms with E-state index in [0.29, 0.717) is 11.7 Å². The topological polar surface area (TPSA) is 63.2 Å². The van der Waals surface area contributed by atoms with Gasteiger partial charge in [0, 0.05) is 18.9 Å². The summed E-state index contributed by atoms with van der Waals surface area (Å²) in [4.78, 5) is 16.5. The largest absolute Gasteiger partial charge is 0.384 e. The molecular weight excluding hydrogens is 254 g/mol. The van der Waals surface area contributed by atoms with E-state index in [4.69, 9.17) is 4.74 Å². The van der Waals surface area contributed by atoms with Gasteiger partial charge in [0.1, 0.15) is 0 Å². The van der Waals surface area contributed by atoms with E-state index in [1.807, 2.05) is 6.07 Å². The number of pyridine rings is 1. The fraction of sp³-hybridized carbons (Fsp3) is 0.600. The number of rotatable bonds is 5. The zero-order chi connectivity index (χ0) is 13.9. The number of ether oxygens (including phenoxy) is 1. The van der Waals surface area contributed by atoms with Crippen LogP contribution in [0.5, 0.6) is 0 Å². The lowest BCUT2D eigenvalue weighted by atomic mass is 9.95. The van der Waals surface area contributed by atoms with Gasteiger partial charge in [-0.15, -0.1) is 0 Å². The zero-order valence-electron chi connectivity index (χ0n) is 11.8. The van der Waals surface area contributed by atoms with Gasteiger partial charge in [0.25, 0.3) is 5.91 Å². The molecule has 3 rings (SSSR count). The Morgan fingerprint density at radius 2 is 2.40 bits per heavy atom. The van der Waals surface area contributed by atoms with Crippen molar-refractivity contribution in [2.75, 3.05) is 11.9 Å². The molecule has 2 aliphatic heterocycles. The summed E-state index contributed by atoms with van der Waals surface area (Å²) in [5.41, 5.74) is 1.46. The second kappa shape index (κ2) is 5.79. The van der Waals surface area contributed by atoms with Crippen LogP contribution in [-0.2, 0) is 4.74 Å². The standard InChI is InChI=1S/C15H21N3O2/c1-2-6-17-12-5-7-16-9-11(12)15(19)18-13-8-10-3-4-14(13)20-10/h5,7,9-10,13-14H,2-4,6,8H2,1H3,(H,16,17)(H,18,19). The number of amides is 1. The Morgan fingerprint density at radius 3 is 3.10 bits per heavy atom. The van der Waals surface area contributed by atoms with Crippen LogP contribution in [0.25, 0.3) is 0 Å². The SMILES string of the molecule is CCCNc1ccncc1C(=O)NC1CC2CCC1O2. The summed E-state index contributed by atoms with van der Waals surface area (Å²) in [6, 6.07) is 2.00. The number of fused-ring (bicyclic) bond motifs is 2. The second-order valence-electron chi connectivity index (χ2n) is 5.54. The number of carbonyl (C=O) groups is 1. The predicted octanol–water partition coefficient (Wildman–Crippen LogP) is 1.95. The third-order valence-electron chi connectivity index (χ3n) is 4.05. The van der Waals surface area contributed by atoms with E-state index in [1.54, 1.807) is 12.4 Å². The van der Waals surface area contributed by atoms with E-state index in [1.165, 1.54) is 0 Å². The molecule has 2 fully saturated rings. The molecule has 5 nitrogen and oxygen atoms in total. The van der Waals surface area contributed by atoms with Gasteiger partial charge in [-0.1, -0.05) is 6.92 Å². The first kappa shape index (κ1) is 13.4. The summed E-state index contributed by atoms with van der Waals surface area (Å²) in [5, 5.41) is 6.37. The molecule has 2 bridgehead atoms. The van der Waals surface area contributed by atoms with Crippen LogP contribution in [0, 0.1) is 0 Å². The predicted molar refractivity (Wildman–Crippen MR) is 76.8 cm³/mol. The summed E-state index contributed by atoms with van der Waals surface area (Å²) in [6.45, 7) is 2.95. The molecule has 0 aliphatic carbocycles. The Hall–Kier alpha value is -1.62. The molecule has 2 saturated heterocycles. The van der Waals surface area contributed by atoms with Gasteiger partial charge in [0.15, 0.2) is 0 Å². The fourth-order valence-corrected chi connectivity index (χ4v) is 3.03. The Bertz CT molecular complexity index is 492. The van der Waals surface area contributed by atoms with Crippen LogP contribution in [0.3, 0.4) is 0 Å². The number of carbonyl (C=O) groups excluding carboxylic acids is 1. The summed E-state index contributed by atoms with van der Waals surface area (Å²) in [5.74, 6) is -0.0575. The molecule has 1 aromatic heterocycles. The van der Waals surface area contributed by atoms with Crippen molar-refractivity contribution in [2.45, 2.75) is 50.9 Å². The lowest BCUT2D eigenvalue weighted by Gasteiger charge is -2.20. The van der Waals surface area contributed by atoms with Crippen molar-refractivity contribution in [1.29, 1.82) is 0 Å². The number of aromatic nitrogens is 1. The van der Waals surface area contributed by atoms with Crippen LogP contribution in [0.1, 0.15) is 43.0 Å². The van der Waals surface area contributed by atoms with E-state index in [-0.39, 0.29) is 18.1 Å². The van der Waals surface area contributed by atoms with E-state index < -0.39 is 0 Å². The van der Waals surface area contributed by atoms with E-state index >= 15 is 0 Å². The van der Waals surface area contributed by atoms with Crippen molar-refractivity contribution in [3.05, 3.63) is 24.0 Å². The summed E-state index contributed by atoms with van der Waals surface area (Å²) < 4.78 is 5.77. The van der Waals surface area contributed by atoms with Gasteiger partial charge in [0.05, 0.1) is 29.5 Å². The Morgan fingerprint density at radius 1 is 1.50 bits per heavy atom. The summed E-state index contributed by atoms with van der Waals surface area (Å²) in [7, 11) is 0. The van der Waals surface area contributed by atoms with Gasteiger partial charge >= 0.3 is 0 Å². The smallest absolute Gasteiger partial charge is 0.255 e. The molecule has 3 atom stereocenters. The van der Waals surface area contributed by atoms with Crippen LogP contribution in [0.4, 0.5) is 5.69 Å². The molecule has 3 heterocycles. The third kappa shape index (κ3) is 2.63. The summed E-state index contributed by atoms with van der Waals surface area (Å²) in [6.07, 6.45) is 8.02. The zero-order valence-corrected chi connectivity index (χ0v) is 11.8. The maximum absolute atomic E-state index is 12.4. The molecule has 0 spiro atoms. The molecule has 0 aromatic carbocycles. The maximum atomic E-state index is 12.4. The normalized spacial score (nSPS) is 27.6. The molecular formula is C15H21N3O2. The van der Waals surface area contributed by atoms with Crippen LogP contribution < -0.4 is 10.6 Å². The molecule has 0 saturated carbocycles. The number of hydrogen-bond acceptors (Lipinski definition) is 4. The van der Waals surface area contributed by atoms with Gasteiger partial charge in [-0.05, 0) is 31.7 Å². The highest BCUT2D eigenvalue weighted by Crippen LogP contribution is 2.34. The van der Waals surface area contributed by atoms with Gasteiger partial charge in [-0.25, -0.2) is 0 Å². The molecule has 2 N–H and O–H groups in total. The minimum Gasteiger partial charge on any atom is -0.384 e. The van der Waals surface area contributed by atoms with Crippen molar-refractivity contribution >= 4 is 11.6 Å². The monoisotopic (exact) mass is 275 g/mol. The number of nitrogens with one attached hydrogen (secondary N) is 2. The second-order valence-corrected chi connectivity index (χ2v) is 5.54. The Balaban J connectivity index is 1.67. The van der Waals surface area contributed by atoms with Gasteiger partial charge < -0.3 is 15.4 Å². The van der Waals surface area contributed by atoms with E-state index in [9.17, 15) is 4.79 Å². The van der Waals surface area contributed by atoms with E-state index in [2.05, 4.69) is 22.5 Å². The maximum Gasteiger partial charge on any atom is 0.255 e. The first-order chi connectivity index (χ1) is 9.78. The Labute approximate surface area is 119 Å². The highest BCUT2D eigenvalue weighted by Gasteiger charge is 2.41. The first-order valence-electron chi connectivity index (χ1n) is 7.42. The average Bonchev–Trinajstić information content (AvgIpc) is 3.08. The third-order valence-corrected chi connectivity index (χ3v) is 4.05. The molecule has 0 radical (unpaired) electrons. The molecule has 1 aromatic rings. The average molecular weight is 275 g/mol. The van der Waals surface area contributed by atoms with Gasteiger partial charge in [-0.3, -0.25) is 9.78 Å². The lowest BCUT2D eigenvalue weighted by molar-refractivity contribution is 0.0841. The first-order valence-corrected chi connectivity index (χ1v) is 7.42. The number of anilines is 1. The molecule has 2 aliphatic rings. The van der Waals surface area contributed by atoms with Crippen molar-refractivity contribution < 1.29 is 9.53 Å². The minimum atomic E-state index is -0.0575. The number of hydrogen-bond donors (Lipinski definition) is 2. The van der Waals surface area contributed by atoms with Crippen LogP contribution >= 0.6 is 0 Å². The highest BCUT2D eigenvalue weighted by molar-refractivity contribution is 5.99. The summed E-state index contributed by atoms with van der Waals surface area (Å²) >= 11 is 0. The quantitative estimate of drug-likeness (QED) is 0.862. The van der Waals surface area contributed by atoms with Crippen LogP contribution in [-0.4, -0.2) is 35.7 Å². The van der Waals surface area contributed by atoms with Crippen LogP contribution in [0.15, 0.2) is 18.5 Å². The lowest BCUT2D eigenvalue weighted by Crippen LogP contribution is -2.41. The van der Waals surface area contributed by atoms with Crippen molar-refractivity contribution in [3.63, 3.8) is 0 Å². The molecule has 108 valence electrons. The van der Waals surface area contributed by atoms with Crippen molar-refractivity contribution in [3.8, 4) is 0 Å². The number of nitrogens with zero attached hydrogens (tertiary/aromatic N) is 1. The minimum absolute atomic E-state index is 0.0575. The van der Waals surface area contributed by atoms with Crippen molar-refractivity contribution in [2.24, 2.45) is 0 Å². The van der Waals surface area contributed by atoms with Gasteiger partial charge in [0.2, 0.25) is 0 Å². The fourth-order valence-electron chi connectivity index (χ4n) is 3.03. The molecule has 1 amide bonds. The van der Waals surface area contributed by atoms with Crippen LogP contribution in [0.2, 0.25) is 0 Å². The molecule has 3 unspecified atom stereocenters. The molecule has 5 heteroatoms. The van der Waals surface area contributed by atoms with Crippen molar-refractivity contribution in [1.82, 2.24) is 10.3 Å². The van der Waals surface area contributed by atoms with E-state index in [0.717, 1.165) is 37.9 Å². The Kier molecular flexibility index (Phi) is 3.87. The molecule has 20 heavy (non-hydrogen) atoms.